The van der Waals surface area contributed by atoms with Gasteiger partial charge in [-0.1, -0.05) is 38.1 Å². The normalized spacial score (nSPS) is 20.0. The van der Waals surface area contributed by atoms with Crippen LogP contribution in [0, 0.1) is 5.92 Å². The highest BCUT2D eigenvalue weighted by Gasteiger charge is 2.34. The zero-order valence-electron chi connectivity index (χ0n) is 17.5. The third-order valence-electron chi connectivity index (χ3n) is 5.91. The lowest BCUT2D eigenvalue weighted by molar-refractivity contribution is -0.139. The van der Waals surface area contributed by atoms with E-state index >= 15 is 0 Å². The average molecular weight is 387 g/mol. The maximum atomic E-state index is 12.9. The van der Waals surface area contributed by atoms with Gasteiger partial charge in [-0.05, 0) is 30.5 Å². The minimum atomic E-state index is -0.375. The molecule has 2 aliphatic rings. The fraction of sp³-hybridized carbons (Fsp3) is 0.636. The van der Waals surface area contributed by atoms with E-state index in [1.807, 2.05) is 19.9 Å². The van der Waals surface area contributed by atoms with Gasteiger partial charge in [0, 0.05) is 52.2 Å². The Balaban J connectivity index is 1.62. The van der Waals surface area contributed by atoms with Crippen molar-refractivity contribution in [2.75, 3.05) is 39.8 Å². The topological polar surface area (TPSA) is 55.9 Å². The van der Waals surface area contributed by atoms with Gasteiger partial charge >= 0.3 is 0 Å². The number of hydrogen-bond acceptors (Lipinski definition) is 4. The minimum absolute atomic E-state index is 0.0420. The van der Waals surface area contributed by atoms with Crippen molar-refractivity contribution in [3.8, 4) is 0 Å². The molecule has 6 heteroatoms. The molecule has 0 saturated carbocycles. The SMILES string of the molecule is CC(C)C(C(=O)NCc1ccccc1CN1CCN(C)CC1)N1CCCC1=O. The second kappa shape index (κ2) is 9.52. The lowest BCUT2D eigenvalue weighted by Gasteiger charge is -2.33. The van der Waals surface area contributed by atoms with Crippen molar-refractivity contribution in [2.24, 2.45) is 5.92 Å². The first-order valence-electron chi connectivity index (χ1n) is 10.5. The van der Waals surface area contributed by atoms with E-state index in [9.17, 15) is 9.59 Å². The molecule has 1 unspecified atom stereocenters. The lowest BCUT2D eigenvalue weighted by atomic mass is 10.0. The first-order valence-corrected chi connectivity index (χ1v) is 10.5. The molecule has 2 aliphatic heterocycles. The summed E-state index contributed by atoms with van der Waals surface area (Å²) in [5.41, 5.74) is 2.43. The number of likely N-dealkylation sites (tertiary alicyclic amines) is 1. The van der Waals surface area contributed by atoms with Crippen LogP contribution in [0.2, 0.25) is 0 Å². The molecular weight excluding hydrogens is 352 g/mol. The summed E-state index contributed by atoms with van der Waals surface area (Å²) in [5.74, 6) is 0.159. The number of benzene rings is 1. The number of nitrogens with zero attached hydrogens (tertiary/aromatic N) is 3. The van der Waals surface area contributed by atoms with Gasteiger partial charge in [-0.25, -0.2) is 0 Å². The van der Waals surface area contributed by atoms with E-state index in [-0.39, 0.29) is 23.8 Å². The van der Waals surface area contributed by atoms with Crippen molar-refractivity contribution in [3.63, 3.8) is 0 Å². The van der Waals surface area contributed by atoms with Gasteiger partial charge in [0.1, 0.15) is 6.04 Å². The summed E-state index contributed by atoms with van der Waals surface area (Å²) in [6.07, 6.45) is 1.41. The van der Waals surface area contributed by atoms with Gasteiger partial charge in [0.15, 0.2) is 0 Å². The van der Waals surface area contributed by atoms with Crippen LogP contribution < -0.4 is 5.32 Å². The molecule has 1 aromatic carbocycles. The summed E-state index contributed by atoms with van der Waals surface area (Å²) in [7, 11) is 2.16. The molecule has 2 saturated heterocycles. The number of rotatable bonds is 7. The smallest absolute Gasteiger partial charge is 0.243 e. The molecule has 0 spiro atoms. The van der Waals surface area contributed by atoms with Gasteiger partial charge < -0.3 is 15.1 Å². The predicted octanol–water partition coefficient (Wildman–Crippen LogP) is 1.70. The van der Waals surface area contributed by atoms with Crippen LogP contribution in [-0.2, 0) is 22.7 Å². The average Bonchev–Trinajstić information content (AvgIpc) is 3.08. The highest BCUT2D eigenvalue weighted by atomic mass is 16.2. The van der Waals surface area contributed by atoms with Crippen LogP contribution in [-0.4, -0.2) is 72.3 Å². The summed E-state index contributed by atoms with van der Waals surface area (Å²) >= 11 is 0. The number of piperazine rings is 1. The molecule has 2 heterocycles. The van der Waals surface area contributed by atoms with Crippen LogP contribution >= 0.6 is 0 Å². The standard InChI is InChI=1S/C22H34N4O2/c1-17(2)21(26-10-6-9-20(26)27)22(28)23-15-18-7-4-5-8-19(18)16-25-13-11-24(3)12-14-25/h4-5,7-8,17,21H,6,9-16H2,1-3H3,(H,23,28). The Labute approximate surface area is 168 Å². The highest BCUT2D eigenvalue weighted by molar-refractivity contribution is 5.88. The summed E-state index contributed by atoms with van der Waals surface area (Å²) in [4.78, 5) is 31.6. The van der Waals surface area contributed by atoms with E-state index in [0.717, 1.165) is 44.7 Å². The number of hydrogen-bond donors (Lipinski definition) is 1. The molecule has 2 amide bonds. The largest absolute Gasteiger partial charge is 0.350 e. The number of likely N-dealkylation sites (N-methyl/N-ethyl adjacent to an activating group) is 1. The molecule has 1 N–H and O–H groups in total. The molecule has 28 heavy (non-hydrogen) atoms. The zero-order chi connectivity index (χ0) is 20.1. The summed E-state index contributed by atoms with van der Waals surface area (Å²) < 4.78 is 0. The molecule has 0 bridgehead atoms. The fourth-order valence-corrected chi connectivity index (χ4v) is 4.19. The van der Waals surface area contributed by atoms with Crippen LogP contribution in [0.1, 0.15) is 37.8 Å². The lowest BCUT2D eigenvalue weighted by Crippen LogP contribution is -2.50. The predicted molar refractivity (Wildman–Crippen MR) is 111 cm³/mol. The molecule has 1 aromatic rings. The summed E-state index contributed by atoms with van der Waals surface area (Å²) in [6, 6.07) is 7.97. The van der Waals surface area contributed by atoms with E-state index < -0.39 is 0 Å². The molecule has 1 atom stereocenters. The Kier molecular flexibility index (Phi) is 7.08. The maximum absolute atomic E-state index is 12.9. The van der Waals surface area contributed by atoms with Crippen molar-refractivity contribution in [1.29, 1.82) is 0 Å². The van der Waals surface area contributed by atoms with Crippen molar-refractivity contribution in [3.05, 3.63) is 35.4 Å². The van der Waals surface area contributed by atoms with Crippen LogP contribution in [0.15, 0.2) is 24.3 Å². The Morgan fingerprint density at radius 3 is 2.36 bits per heavy atom. The number of carbonyl (C=O) groups is 2. The van der Waals surface area contributed by atoms with Crippen LogP contribution in [0.4, 0.5) is 0 Å². The minimum Gasteiger partial charge on any atom is -0.350 e. The second-order valence-electron chi connectivity index (χ2n) is 8.45. The van der Waals surface area contributed by atoms with E-state index in [0.29, 0.717) is 19.5 Å². The van der Waals surface area contributed by atoms with Crippen molar-refractivity contribution in [2.45, 2.75) is 45.8 Å². The Morgan fingerprint density at radius 1 is 1.07 bits per heavy atom. The van der Waals surface area contributed by atoms with Gasteiger partial charge in [-0.2, -0.15) is 0 Å². The number of carbonyl (C=O) groups excluding carboxylic acids is 2. The van der Waals surface area contributed by atoms with Gasteiger partial charge in [0.25, 0.3) is 0 Å². The molecule has 6 nitrogen and oxygen atoms in total. The van der Waals surface area contributed by atoms with E-state index in [4.69, 9.17) is 0 Å². The van der Waals surface area contributed by atoms with Crippen molar-refractivity contribution >= 4 is 11.8 Å². The monoisotopic (exact) mass is 386 g/mol. The molecule has 0 radical (unpaired) electrons. The Hall–Kier alpha value is -1.92. The molecular formula is C22H34N4O2. The van der Waals surface area contributed by atoms with Gasteiger partial charge in [-0.3, -0.25) is 14.5 Å². The number of nitrogens with one attached hydrogen (secondary N) is 1. The van der Waals surface area contributed by atoms with Crippen LogP contribution in [0.3, 0.4) is 0 Å². The molecule has 3 rings (SSSR count). The Bertz CT molecular complexity index is 683. The first-order chi connectivity index (χ1) is 13.5. The Morgan fingerprint density at radius 2 is 1.75 bits per heavy atom. The van der Waals surface area contributed by atoms with Gasteiger partial charge in [0.2, 0.25) is 11.8 Å². The quantitative estimate of drug-likeness (QED) is 0.775. The van der Waals surface area contributed by atoms with Crippen LogP contribution in [0.5, 0.6) is 0 Å². The maximum Gasteiger partial charge on any atom is 0.243 e. The molecule has 154 valence electrons. The second-order valence-corrected chi connectivity index (χ2v) is 8.45. The fourth-order valence-electron chi connectivity index (χ4n) is 4.19. The third-order valence-corrected chi connectivity index (χ3v) is 5.91. The third kappa shape index (κ3) is 5.11. The van der Waals surface area contributed by atoms with E-state index in [1.165, 1.54) is 5.56 Å². The molecule has 2 fully saturated rings. The van der Waals surface area contributed by atoms with Crippen molar-refractivity contribution in [1.82, 2.24) is 20.0 Å². The summed E-state index contributed by atoms with van der Waals surface area (Å²) in [5, 5.41) is 3.10. The van der Waals surface area contributed by atoms with Gasteiger partial charge in [-0.15, -0.1) is 0 Å². The zero-order valence-corrected chi connectivity index (χ0v) is 17.5. The van der Waals surface area contributed by atoms with Crippen LogP contribution in [0.25, 0.3) is 0 Å². The summed E-state index contributed by atoms with van der Waals surface area (Å²) in [6.45, 7) is 10.5. The van der Waals surface area contributed by atoms with E-state index in [1.54, 1.807) is 4.90 Å². The first kappa shape index (κ1) is 20.8. The highest BCUT2D eigenvalue weighted by Crippen LogP contribution is 2.20. The van der Waals surface area contributed by atoms with Gasteiger partial charge in [0.05, 0.1) is 0 Å². The molecule has 0 aromatic heterocycles. The molecule has 0 aliphatic carbocycles. The number of amides is 2. The van der Waals surface area contributed by atoms with E-state index in [2.05, 4.69) is 40.4 Å². The van der Waals surface area contributed by atoms with Crippen molar-refractivity contribution < 1.29 is 9.59 Å².